The Kier molecular flexibility index (Phi) is 7.89. The third-order valence-corrected chi connectivity index (χ3v) is 3.54. The fraction of sp³-hybridized carbons (Fsp3) is 0.917. The highest BCUT2D eigenvalue weighted by molar-refractivity contribution is 5.57. The van der Waals surface area contributed by atoms with E-state index in [1.54, 1.807) is 0 Å². The van der Waals surface area contributed by atoms with Crippen LogP contribution in [0.15, 0.2) is 0 Å². The molecule has 1 rings (SSSR count). The molecule has 0 radical (unpaired) electrons. The van der Waals surface area contributed by atoms with E-state index in [0.29, 0.717) is 0 Å². The zero-order valence-electron chi connectivity index (χ0n) is 12.0. The van der Waals surface area contributed by atoms with Crippen LogP contribution in [0, 0.1) is 0 Å². The van der Waals surface area contributed by atoms with Crippen molar-refractivity contribution in [1.29, 1.82) is 0 Å². The summed E-state index contributed by atoms with van der Waals surface area (Å²) in [7, 11) is 0. The van der Waals surface area contributed by atoms with Gasteiger partial charge in [-0.1, -0.05) is 0 Å². The van der Waals surface area contributed by atoms with E-state index in [-0.39, 0.29) is 6.29 Å². The van der Waals surface area contributed by atoms with E-state index in [2.05, 4.69) is 0 Å². The maximum Gasteiger partial charge on any atom is 0.187 e. The van der Waals surface area contributed by atoms with Gasteiger partial charge in [0.05, 0.1) is 13.2 Å². The van der Waals surface area contributed by atoms with Crippen molar-refractivity contribution in [2.45, 2.75) is 55.1 Å². The molecule has 1 aliphatic heterocycles. The average Bonchev–Trinajstić information content (AvgIpc) is 2.57. The van der Waals surface area contributed by atoms with Gasteiger partial charge in [-0.05, 0) is 0 Å². The molecule has 0 aromatic heterocycles. The molecule has 0 aromatic carbocycles. The highest BCUT2D eigenvalue weighted by atomic mass is 16.7. The molecule has 0 saturated carbocycles. The number of carbonyl (C=O) groups excluding carboxylic acids is 1. The summed E-state index contributed by atoms with van der Waals surface area (Å²) in [5.74, 6) is 0. The third kappa shape index (κ3) is 4.64. The molecule has 11 heteroatoms. The van der Waals surface area contributed by atoms with Crippen LogP contribution in [-0.2, 0) is 14.3 Å². The molecular formula is C12H22O11. The van der Waals surface area contributed by atoms with Crippen molar-refractivity contribution < 1.29 is 55.1 Å². The van der Waals surface area contributed by atoms with Crippen LogP contribution in [0.1, 0.15) is 0 Å². The van der Waals surface area contributed by atoms with E-state index in [4.69, 9.17) is 19.7 Å². The van der Waals surface area contributed by atoms with Crippen LogP contribution < -0.4 is 0 Å². The second kappa shape index (κ2) is 8.94. The minimum absolute atomic E-state index is 0.0550. The Morgan fingerprint density at radius 2 is 1.61 bits per heavy atom. The second-order valence-electron chi connectivity index (χ2n) is 5.17. The quantitative estimate of drug-likeness (QED) is 0.196. The van der Waals surface area contributed by atoms with E-state index < -0.39 is 68.3 Å². The lowest BCUT2D eigenvalue weighted by atomic mass is 9.99. The largest absolute Gasteiger partial charge is 0.394 e. The Labute approximate surface area is 130 Å². The van der Waals surface area contributed by atoms with Gasteiger partial charge in [0.15, 0.2) is 12.6 Å². The Morgan fingerprint density at radius 1 is 1.00 bits per heavy atom. The molecular weight excluding hydrogens is 320 g/mol. The Bertz CT molecular complexity index is 365. The fourth-order valence-electron chi connectivity index (χ4n) is 2.06. The number of aliphatic hydroxyl groups is 8. The summed E-state index contributed by atoms with van der Waals surface area (Å²) in [5, 5.41) is 75.2. The van der Waals surface area contributed by atoms with Gasteiger partial charge in [0.25, 0.3) is 0 Å². The minimum Gasteiger partial charge on any atom is -0.394 e. The van der Waals surface area contributed by atoms with Crippen LogP contribution in [0.5, 0.6) is 0 Å². The number of ether oxygens (including phenoxy) is 2. The lowest BCUT2D eigenvalue weighted by Crippen LogP contribution is -2.60. The third-order valence-electron chi connectivity index (χ3n) is 3.54. The predicted octanol–water partition coefficient (Wildman–Crippen LogP) is -5.55. The van der Waals surface area contributed by atoms with Crippen molar-refractivity contribution in [1.82, 2.24) is 0 Å². The SMILES string of the molecule is O=C[C@@H](OC1O[C@H](CO)[C@@H](O)[C@H](O)[C@@H]1O)[C@@H](O)[C@H](O)[C@H](O)CO. The Balaban J connectivity index is 2.79. The number of hydrogen-bond donors (Lipinski definition) is 8. The standard InChI is InChI=1S/C12H22O11/c13-1-4(16)7(17)8(18)5(2-14)22-12-11(21)10(20)9(19)6(3-15)23-12/h2,4-13,15-21H,1,3H2/t4-,5-,6-,7-,8-,9-,10+,11+,12?/m1/s1. The lowest BCUT2D eigenvalue weighted by Gasteiger charge is -2.41. The summed E-state index contributed by atoms with van der Waals surface area (Å²) in [6, 6.07) is 0. The molecule has 1 fully saturated rings. The van der Waals surface area contributed by atoms with Crippen molar-refractivity contribution >= 4 is 6.29 Å². The van der Waals surface area contributed by atoms with Crippen LogP contribution in [-0.4, -0.2) is 115 Å². The van der Waals surface area contributed by atoms with Crippen molar-refractivity contribution in [3.8, 4) is 0 Å². The number of carbonyl (C=O) groups is 1. The molecule has 9 atom stereocenters. The molecule has 0 bridgehead atoms. The Hall–Kier alpha value is -0.730. The monoisotopic (exact) mass is 342 g/mol. The smallest absolute Gasteiger partial charge is 0.187 e. The van der Waals surface area contributed by atoms with Gasteiger partial charge in [-0.3, -0.25) is 0 Å². The first-order chi connectivity index (χ1) is 10.8. The summed E-state index contributed by atoms with van der Waals surface area (Å²) in [4.78, 5) is 11.0. The normalized spacial score (nSPS) is 37.0. The number of hydrogen-bond acceptors (Lipinski definition) is 11. The summed E-state index contributed by atoms with van der Waals surface area (Å²) < 4.78 is 9.94. The molecule has 8 N–H and O–H groups in total. The maximum absolute atomic E-state index is 11.0. The lowest BCUT2D eigenvalue weighted by molar-refractivity contribution is -0.315. The number of aliphatic hydroxyl groups excluding tert-OH is 8. The highest BCUT2D eigenvalue weighted by Gasteiger charge is 2.46. The van der Waals surface area contributed by atoms with Crippen LogP contribution in [0.2, 0.25) is 0 Å². The number of aldehydes is 1. The first-order valence-electron chi connectivity index (χ1n) is 6.84. The van der Waals surface area contributed by atoms with Crippen molar-refractivity contribution in [2.75, 3.05) is 13.2 Å². The van der Waals surface area contributed by atoms with Crippen molar-refractivity contribution in [3.05, 3.63) is 0 Å². The second-order valence-corrected chi connectivity index (χ2v) is 5.17. The molecule has 1 aliphatic rings. The van der Waals surface area contributed by atoms with E-state index in [1.165, 1.54) is 0 Å². The van der Waals surface area contributed by atoms with E-state index in [9.17, 15) is 35.4 Å². The molecule has 11 nitrogen and oxygen atoms in total. The topological polar surface area (TPSA) is 197 Å². The minimum atomic E-state index is -1.97. The van der Waals surface area contributed by atoms with Gasteiger partial charge >= 0.3 is 0 Å². The average molecular weight is 342 g/mol. The van der Waals surface area contributed by atoms with Gasteiger partial charge < -0.3 is 55.1 Å². The maximum atomic E-state index is 11.0. The van der Waals surface area contributed by atoms with E-state index >= 15 is 0 Å². The van der Waals surface area contributed by atoms with E-state index in [1.807, 2.05) is 0 Å². The predicted molar refractivity (Wildman–Crippen MR) is 69.8 cm³/mol. The molecule has 1 unspecified atom stereocenters. The first kappa shape index (κ1) is 20.3. The summed E-state index contributed by atoms with van der Waals surface area (Å²) in [6.45, 7) is -1.60. The summed E-state index contributed by atoms with van der Waals surface area (Å²) in [6.07, 6.45) is -15.5. The van der Waals surface area contributed by atoms with Gasteiger partial charge in [0.2, 0.25) is 0 Å². The Morgan fingerprint density at radius 3 is 2.09 bits per heavy atom. The fourth-order valence-corrected chi connectivity index (χ4v) is 2.06. The molecule has 1 saturated heterocycles. The van der Waals surface area contributed by atoms with Crippen molar-refractivity contribution in [3.63, 3.8) is 0 Å². The van der Waals surface area contributed by atoms with Gasteiger partial charge in [0, 0.05) is 0 Å². The van der Waals surface area contributed by atoms with Gasteiger partial charge in [-0.15, -0.1) is 0 Å². The molecule has 1 heterocycles. The van der Waals surface area contributed by atoms with E-state index in [0.717, 1.165) is 0 Å². The summed E-state index contributed by atoms with van der Waals surface area (Å²) >= 11 is 0. The highest BCUT2D eigenvalue weighted by Crippen LogP contribution is 2.23. The molecule has 0 amide bonds. The summed E-state index contributed by atoms with van der Waals surface area (Å²) in [5.41, 5.74) is 0. The van der Waals surface area contributed by atoms with Crippen LogP contribution in [0.3, 0.4) is 0 Å². The van der Waals surface area contributed by atoms with Gasteiger partial charge in [-0.25, -0.2) is 0 Å². The van der Waals surface area contributed by atoms with Gasteiger partial charge in [0.1, 0.15) is 48.8 Å². The first-order valence-corrected chi connectivity index (χ1v) is 6.84. The van der Waals surface area contributed by atoms with Gasteiger partial charge in [-0.2, -0.15) is 0 Å². The molecule has 0 aliphatic carbocycles. The molecule has 0 aromatic rings. The van der Waals surface area contributed by atoms with Crippen LogP contribution in [0.25, 0.3) is 0 Å². The van der Waals surface area contributed by atoms with Crippen molar-refractivity contribution in [2.24, 2.45) is 0 Å². The molecule has 23 heavy (non-hydrogen) atoms. The number of rotatable bonds is 8. The zero-order chi connectivity index (χ0) is 17.7. The zero-order valence-corrected chi connectivity index (χ0v) is 12.0. The molecule has 0 spiro atoms. The molecule has 136 valence electrons. The van der Waals surface area contributed by atoms with Crippen LogP contribution in [0.4, 0.5) is 0 Å². The van der Waals surface area contributed by atoms with Crippen LogP contribution >= 0.6 is 0 Å².